The number of nitrogens with zero attached hydrogens (tertiary/aromatic N) is 1. The summed E-state index contributed by atoms with van der Waals surface area (Å²) in [4.78, 5) is 22.5. The second-order valence-corrected chi connectivity index (χ2v) is 4.64. The van der Waals surface area contributed by atoms with Crippen molar-refractivity contribution in [3.8, 4) is 0 Å². The van der Waals surface area contributed by atoms with Crippen molar-refractivity contribution in [1.82, 2.24) is 10.5 Å². The van der Waals surface area contributed by atoms with Gasteiger partial charge >= 0.3 is 12.0 Å². The van der Waals surface area contributed by atoms with E-state index in [9.17, 15) is 9.59 Å². The SMILES string of the molecule is Cc1cc(CNC(=O)Nc2ccc(C(=O)O)cc2Cl)no1. The number of urea groups is 1. The van der Waals surface area contributed by atoms with Crippen molar-refractivity contribution in [2.24, 2.45) is 0 Å². The van der Waals surface area contributed by atoms with E-state index in [0.717, 1.165) is 0 Å². The van der Waals surface area contributed by atoms with Crippen LogP contribution in [0.15, 0.2) is 28.8 Å². The monoisotopic (exact) mass is 309 g/mol. The largest absolute Gasteiger partial charge is 0.478 e. The van der Waals surface area contributed by atoms with E-state index in [1.54, 1.807) is 13.0 Å². The van der Waals surface area contributed by atoms with Gasteiger partial charge in [-0.05, 0) is 25.1 Å². The van der Waals surface area contributed by atoms with E-state index in [0.29, 0.717) is 17.1 Å². The maximum atomic E-state index is 11.7. The summed E-state index contributed by atoms with van der Waals surface area (Å²) in [6.45, 7) is 1.95. The number of benzene rings is 1. The van der Waals surface area contributed by atoms with Gasteiger partial charge in [0, 0.05) is 6.07 Å². The molecule has 0 unspecified atom stereocenters. The maximum absolute atomic E-state index is 11.7. The summed E-state index contributed by atoms with van der Waals surface area (Å²) in [7, 11) is 0. The highest BCUT2D eigenvalue weighted by atomic mass is 35.5. The lowest BCUT2D eigenvalue weighted by Crippen LogP contribution is -2.28. The van der Waals surface area contributed by atoms with Crippen LogP contribution in [0.3, 0.4) is 0 Å². The molecule has 0 fully saturated rings. The Balaban J connectivity index is 1.94. The molecule has 21 heavy (non-hydrogen) atoms. The number of carboxylic acids is 1. The molecule has 0 bridgehead atoms. The van der Waals surface area contributed by atoms with E-state index >= 15 is 0 Å². The minimum atomic E-state index is -1.09. The van der Waals surface area contributed by atoms with Crippen LogP contribution >= 0.6 is 11.6 Å². The van der Waals surface area contributed by atoms with Crippen molar-refractivity contribution < 1.29 is 19.2 Å². The van der Waals surface area contributed by atoms with E-state index in [1.165, 1.54) is 18.2 Å². The fourth-order valence-corrected chi connectivity index (χ4v) is 1.82. The molecule has 8 heteroatoms. The summed E-state index contributed by atoms with van der Waals surface area (Å²) in [6, 6.07) is 5.26. The molecule has 2 rings (SSSR count). The van der Waals surface area contributed by atoms with Gasteiger partial charge < -0.3 is 20.3 Å². The summed E-state index contributed by atoms with van der Waals surface area (Å²) in [5.41, 5.74) is 0.953. The number of halogens is 1. The molecule has 0 aliphatic heterocycles. The smallest absolute Gasteiger partial charge is 0.335 e. The number of carbonyl (C=O) groups is 2. The lowest BCUT2D eigenvalue weighted by Gasteiger charge is -2.08. The molecule has 0 radical (unpaired) electrons. The Morgan fingerprint density at radius 1 is 1.38 bits per heavy atom. The van der Waals surface area contributed by atoms with Gasteiger partial charge in [0.25, 0.3) is 0 Å². The van der Waals surface area contributed by atoms with Crippen LogP contribution in [0, 0.1) is 6.92 Å². The average molecular weight is 310 g/mol. The lowest BCUT2D eigenvalue weighted by atomic mass is 10.2. The van der Waals surface area contributed by atoms with E-state index in [1.807, 2.05) is 0 Å². The highest BCUT2D eigenvalue weighted by Crippen LogP contribution is 2.23. The Morgan fingerprint density at radius 2 is 2.14 bits per heavy atom. The van der Waals surface area contributed by atoms with Gasteiger partial charge in [-0.25, -0.2) is 9.59 Å². The molecule has 2 aromatic rings. The van der Waals surface area contributed by atoms with Gasteiger partial charge in [0.2, 0.25) is 0 Å². The molecular weight excluding hydrogens is 298 g/mol. The number of aromatic nitrogens is 1. The Morgan fingerprint density at radius 3 is 2.71 bits per heavy atom. The predicted molar refractivity (Wildman–Crippen MR) is 75.5 cm³/mol. The quantitative estimate of drug-likeness (QED) is 0.805. The van der Waals surface area contributed by atoms with Crippen LogP contribution in [-0.2, 0) is 6.54 Å². The van der Waals surface area contributed by atoms with Crippen LogP contribution in [0.25, 0.3) is 0 Å². The molecule has 2 amide bonds. The summed E-state index contributed by atoms with van der Waals surface area (Å²) in [6.07, 6.45) is 0. The number of nitrogens with one attached hydrogen (secondary N) is 2. The summed E-state index contributed by atoms with van der Waals surface area (Å²) >= 11 is 5.90. The Labute approximate surface area is 124 Å². The maximum Gasteiger partial charge on any atom is 0.335 e. The highest BCUT2D eigenvalue weighted by Gasteiger charge is 2.10. The standard InChI is InChI=1S/C13H12ClN3O4/c1-7-4-9(17-21-7)6-15-13(20)16-11-3-2-8(12(18)19)5-10(11)14/h2-5H,6H2,1H3,(H,18,19)(H2,15,16,20). The number of rotatable bonds is 4. The van der Waals surface area contributed by atoms with Crippen LogP contribution < -0.4 is 10.6 Å². The van der Waals surface area contributed by atoms with E-state index in [4.69, 9.17) is 21.2 Å². The van der Waals surface area contributed by atoms with Crippen LogP contribution in [0.1, 0.15) is 21.8 Å². The van der Waals surface area contributed by atoms with Crippen LogP contribution in [0.5, 0.6) is 0 Å². The Kier molecular flexibility index (Phi) is 4.44. The third kappa shape index (κ3) is 3.96. The van der Waals surface area contributed by atoms with Gasteiger partial charge in [-0.1, -0.05) is 16.8 Å². The van der Waals surface area contributed by atoms with Gasteiger partial charge in [-0.3, -0.25) is 0 Å². The van der Waals surface area contributed by atoms with Gasteiger partial charge in [-0.15, -0.1) is 0 Å². The highest BCUT2D eigenvalue weighted by molar-refractivity contribution is 6.34. The average Bonchev–Trinajstić information content (AvgIpc) is 2.84. The molecule has 1 heterocycles. The van der Waals surface area contributed by atoms with Crippen molar-refractivity contribution >= 4 is 29.3 Å². The number of anilines is 1. The molecule has 0 atom stereocenters. The first-order valence-electron chi connectivity index (χ1n) is 5.95. The Bertz CT molecular complexity index is 684. The first-order chi connectivity index (χ1) is 9.95. The van der Waals surface area contributed by atoms with Crippen molar-refractivity contribution in [2.45, 2.75) is 13.5 Å². The summed E-state index contributed by atoms with van der Waals surface area (Å²) < 4.78 is 4.87. The van der Waals surface area contributed by atoms with Crippen molar-refractivity contribution in [3.05, 3.63) is 46.3 Å². The second kappa shape index (κ2) is 6.27. The fourth-order valence-electron chi connectivity index (χ4n) is 1.59. The van der Waals surface area contributed by atoms with E-state index < -0.39 is 12.0 Å². The van der Waals surface area contributed by atoms with Crippen molar-refractivity contribution in [2.75, 3.05) is 5.32 Å². The number of aryl methyl sites for hydroxylation is 1. The number of aromatic carboxylic acids is 1. The zero-order valence-corrected chi connectivity index (χ0v) is 11.8. The predicted octanol–water partition coefficient (Wildman–Crippen LogP) is 2.66. The zero-order valence-electron chi connectivity index (χ0n) is 11.0. The van der Waals surface area contributed by atoms with Crippen molar-refractivity contribution in [1.29, 1.82) is 0 Å². The van der Waals surface area contributed by atoms with E-state index in [-0.39, 0.29) is 17.1 Å². The van der Waals surface area contributed by atoms with Gasteiger partial charge in [-0.2, -0.15) is 0 Å². The molecule has 0 saturated carbocycles. The summed E-state index contributed by atoms with van der Waals surface area (Å²) in [5.74, 6) is -0.436. The second-order valence-electron chi connectivity index (χ2n) is 4.24. The first-order valence-corrected chi connectivity index (χ1v) is 6.33. The molecular formula is C13H12ClN3O4. The molecule has 0 aliphatic carbocycles. The van der Waals surface area contributed by atoms with Gasteiger partial charge in [0.05, 0.1) is 22.8 Å². The molecule has 0 aliphatic rings. The van der Waals surface area contributed by atoms with Gasteiger partial charge in [0.1, 0.15) is 11.5 Å². The van der Waals surface area contributed by atoms with Crippen molar-refractivity contribution in [3.63, 3.8) is 0 Å². The zero-order chi connectivity index (χ0) is 15.4. The molecule has 0 saturated heterocycles. The molecule has 1 aromatic carbocycles. The third-order valence-electron chi connectivity index (χ3n) is 2.57. The molecule has 0 spiro atoms. The lowest BCUT2D eigenvalue weighted by molar-refractivity contribution is 0.0697. The Hall–Kier alpha value is -2.54. The number of hydrogen-bond donors (Lipinski definition) is 3. The van der Waals surface area contributed by atoms with Crippen LogP contribution in [-0.4, -0.2) is 22.3 Å². The molecule has 110 valence electrons. The fraction of sp³-hybridized carbons (Fsp3) is 0.154. The minimum absolute atomic E-state index is 0.0454. The normalized spacial score (nSPS) is 10.2. The minimum Gasteiger partial charge on any atom is -0.478 e. The van der Waals surface area contributed by atoms with Crippen LogP contribution in [0.4, 0.5) is 10.5 Å². The third-order valence-corrected chi connectivity index (χ3v) is 2.88. The van der Waals surface area contributed by atoms with Crippen LogP contribution in [0.2, 0.25) is 5.02 Å². The topological polar surface area (TPSA) is 104 Å². The molecule has 1 aromatic heterocycles. The number of hydrogen-bond acceptors (Lipinski definition) is 4. The number of carboxylic acid groups (broad SMARTS) is 1. The van der Waals surface area contributed by atoms with E-state index in [2.05, 4.69) is 15.8 Å². The molecule has 7 nitrogen and oxygen atoms in total. The van der Waals surface area contributed by atoms with Gasteiger partial charge in [0.15, 0.2) is 0 Å². The molecule has 3 N–H and O–H groups in total. The number of amides is 2. The number of carbonyl (C=O) groups excluding carboxylic acids is 1. The summed E-state index contributed by atoms with van der Waals surface area (Å²) in [5, 5.41) is 17.8. The first kappa shape index (κ1) is 14.9.